The van der Waals surface area contributed by atoms with Gasteiger partial charge in [0.05, 0.1) is 5.02 Å². The van der Waals surface area contributed by atoms with E-state index in [-0.39, 0.29) is 5.78 Å². The zero-order valence-electron chi connectivity index (χ0n) is 15.7. The number of rotatable bonds is 3. The maximum absolute atomic E-state index is 13.0. The van der Waals surface area contributed by atoms with Crippen molar-refractivity contribution in [1.29, 1.82) is 0 Å². The summed E-state index contributed by atoms with van der Waals surface area (Å²) in [5, 5.41) is 1.43. The van der Waals surface area contributed by atoms with E-state index in [1.54, 1.807) is 18.2 Å². The third kappa shape index (κ3) is 2.92. The van der Waals surface area contributed by atoms with Gasteiger partial charge in [-0.3, -0.25) is 4.79 Å². The zero-order chi connectivity index (χ0) is 19.3. The molecule has 0 saturated carbocycles. The lowest BCUT2D eigenvalue weighted by molar-refractivity contribution is 0.103. The number of halogens is 1. The number of ketones is 1. The van der Waals surface area contributed by atoms with Crippen LogP contribution in [0.4, 0.5) is 5.88 Å². The third-order valence-corrected chi connectivity index (χ3v) is 6.69. The molecule has 0 bridgehead atoms. The van der Waals surface area contributed by atoms with Crippen molar-refractivity contribution in [2.45, 2.75) is 37.6 Å². The van der Waals surface area contributed by atoms with Gasteiger partial charge in [0.1, 0.15) is 5.58 Å². The van der Waals surface area contributed by atoms with Crippen LogP contribution in [0.2, 0.25) is 5.02 Å². The minimum Gasteiger partial charge on any atom is -0.441 e. The Labute approximate surface area is 169 Å². The molecular weight excluding hydrogens is 372 g/mol. The van der Waals surface area contributed by atoms with Crippen LogP contribution < -0.4 is 5.73 Å². The predicted molar refractivity (Wildman–Crippen MR) is 112 cm³/mol. The molecular formula is C23H23ClN2O2. The fourth-order valence-corrected chi connectivity index (χ4v) is 5.21. The van der Waals surface area contributed by atoms with Gasteiger partial charge < -0.3 is 15.1 Å². The molecule has 3 aromatic rings. The molecule has 0 amide bonds. The van der Waals surface area contributed by atoms with Crippen LogP contribution in [0.3, 0.4) is 0 Å². The van der Waals surface area contributed by atoms with E-state index in [1.807, 2.05) is 24.3 Å². The van der Waals surface area contributed by atoms with Crippen LogP contribution in [0.5, 0.6) is 0 Å². The van der Waals surface area contributed by atoms with Crippen molar-refractivity contribution in [2.75, 3.05) is 18.8 Å². The highest BCUT2D eigenvalue weighted by molar-refractivity contribution is 6.35. The molecule has 5 heteroatoms. The van der Waals surface area contributed by atoms with Crippen molar-refractivity contribution >= 4 is 34.2 Å². The molecule has 2 fully saturated rings. The number of nitrogens with zero attached hydrogens (tertiary/aromatic N) is 1. The molecule has 0 radical (unpaired) electrons. The summed E-state index contributed by atoms with van der Waals surface area (Å²) in [6.07, 6.45) is 4.75. The monoisotopic (exact) mass is 394 g/mol. The highest BCUT2D eigenvalue weighted by atomic mass is 35.5. The first-order chi connectivity index (χ1) is 13.6. The van der Waals surface area contributed by atoms with E-state index in [0.29, 0.717) is 34.0 Å². The van der Waals surface area contributed by atoms with Gasteiger partial charge in [-0.25, -0.2) is 0 Å². The van der Waals surface area contributed by atoms with Gasteiger partial charge in [0.25, 0.3) is 0 Å². The summed E-state index contributed by atoms with van der Waals surface area (Å²) in [5.41, 5.74) is 9.25. The Hall–Kier alpha value is -2.30. The molecule has 28 heavy (non-hydrogen) atoms. The van der Waals surface area contributed by atoms with E-state index in [9.17, 15) is 4.79 Å². The Balaban J connectivity index is 1.54. The van der Waals surface area contributed by atoms with Gasteiger partial charge in [0.15, 0.2) is 11.7 Å². The van der Waals surface area contributed by atoms with Crippen molar-refractivity contribution in [1.82, 2.24) is 4.90 Å². The van der Waals surface area contributed by atoms with E-state index in [2.05, 4.69) is 4.90 Å². The molecule has 0 spiro atoms. The number of fused-ring (bicyclic) bond motifs is 2. The largest absolute Gasteiger partial charge is 0.441 e. The van der Waals surface area contributed by atoms with Gasteiger partial charge in [0, 0.05) is 28.1 Å². The van der Waals surface area contributed by atoms with Crippen molar-refractivity contribution in [3.05, 3.63) is 64.2 Å². The Bertz CT molecular complexity index is 1060. The average Bonchev–Trinajstić information content (AvgIpc) is 3.29. The number of hydrogen-bond donors (Lipinski definition) is 1. The molecule has 3 heterocycles. The van der Waals surface area contributed by atoms with Crippen molar-refractivity contribution in [2.24, 2.45) is 0 Å². The second kappa shape index (κ2) is 6.94. The predicted octanol–water partition coefficient (Wildman–Crippen LogP) is 5.24. The second-order valence-electron chi connectivity index (χ2n) is 7.95. The van der Waals surface area contributed by atoms with Gasteiger partial charge in [-0.2, -0.15) is 0 Å². The number of benzene rings is 2. The number of nitrogen functional groups attached to an aromatic ring is 1. The van der Waals surface area contributed by atoms with E-state index in [1.165, 1.54) is 19.4 Å². The number of nitrogens with two attached hydrogens (primary N) is 1. The number of hydrogen-bond acceptors (Lipinski definition) is 4. The number of carbonyl (C=O) groups is 1. The Kier molecular flexibility index (Phi) is 4.41. The molecule has 2 aliphatic rings. The SMILES string of the molecule is Nc1oc2ccc(C(=O)c3ccccc3Cl)cc2c1C1CCN2CCCC2C1. The minimum absolute atomic E-state index is 0.0798. The molecule has 4 nitrogen and oxygen atoms in total. The van der Waals surface area contributed by atoms with Gasteiger partial charge >= 0.3 is 0 Å². The summed E-state index contributed by atoms with van der Waals surface area (Å²) in [4.78, 5) is 15.6. The van der Waals surface area contributed by atoms with Crippen molar-refractivity contribution in [3.8, 4) is 0 Å². The number of furan rings is 1. The maximum Gasteiger partial charge on any atom is 0.195 e. The first-order valence-corrected chi connectivity index (χ1v) is 10.3. The van der Waals surface area contributed by atoms with Crippen LogP contribution in [0.15, 0.2) is 46.9 Å². The topological polar surface area (TPSA) is 59.5 Å². The molecule has 2 N–H and O–H groups in total. The van der Waals surface area contributed by atoms with Crippen LogP contribution in [-0.4, -0.2) is 29.8 Å². The summed E-state index contributed by atoms with van der Waals surface area (Å²) in [6.45, 7) is 2.33. The fourth-order valence-electron chi connectivity index (χ4n) is 4.99. The Morgan fingerprint density at radius 1 is 1.14 bits per heavy atom. The quantitative estimate of drug-likeness (QED) is 0.617. The first kappa shape index (κ1) is 17.8. The summed E-state index contributed by atoms with van der Waals surface area (Å²) >= 11 is 6.23. The highest BCUT2D eigenvalue weighted by Gasteiger charge is 2.34. The van der Waals surface area contributed by atoms with Crippen LogP contribution in [0.25, 0.3) is 11.0 Å². The summed E-state index contributed by atoms with van der Waals surface area (Å²) in [5.74, 6) is 0.795. The standard InChI is InChI=1S/C23H23ClN2O2/c24-19-6-2-1-5-17(19)22(27)15-7-8-20-18(13-15)21(23(25)28-20)14-9-11-26-10-3-4-16(26)12-14/h1-2,5-8,13-14,16H,3-4,9-12,25H2. The molecule has 2 unspecified atom stereocenters. The maximum atomic E-state index is 13.0. The summed E-state index contributed by atoms with van der Waals surface area (Å²) in [7, 11) is 0. The smallest absolute Gasteiger partial charge is 0.195 e. The molecule has 5 rings (SSSR count). The van der Waals surface area contributed by atoms with Gasteiger partial charge in [0.2, 0.25) is 0 Å². The molecule has 2 atom stereocenters. The van der Waals surface area contributed by atoms with Crippen molar-refractivity contribution < 1.29 is 9.21 Å². The fraction of sp³-hybridized carbons (Fsp3) is 0.348. The lowest BCUT2D eigenvalue weighted by Gasteiger charge is -2.34. The van der Waals surface area contributed by atoms with E-state index >= 15 is 0 Å². The molecule has 2 aromatic carbocycles. The van der Waals surface area contributed by atoms with Crippen LogP contribution in [0, 0.1) is 0 Å². The summed E-state index contributed by atoms with van der Waals surface area (Å²) in [6, 6.07) is 13.4. The number of anilines is 1. The average molecular weight is 395 g/mol. The number of piperidine rings is 1. The Morgan fingerprint density at radius 3 is 2.86 bits per heavy atom. The normalized spacial score (nSPS) is 22.5. The lowest BCUT2D eigenvalue weighted by atomic mass is 9.84. The highest BCUT2D eigenvalue weighted by Crippen LogP contribution is 2.43. The van der Waals surface area contributed by atoms with Crippen LogP contribution in [0.1, 0.15) is 53.1 Å². The van der Waals surface area contributed by atoms with E-state index in [0.717, 1.165) is 35.9 Å². The lowest BCUT2D eigenvalue weighted by Crippen LogP contribution is -2.37. The molecule has 144 valence electrons. The van der Waals surface area contributed by atoms with E-state index < -0.39 is 0 Å². The van der Waals surface area contributed by atoms with Crippen molar-refractivity contribution in [3.63, 3.8) is 0 Å². The molecule has 1 aromatic heterocycles. The van der Waals surface area contributed by atoms with Crippen LogP contribution in [-0.2, 0) is 0 Å². The second-order valence-corrected chi connectivity index (χ2v) is 8.36. The molecule has 2 aliphatic heterocycles. The molecule has 0 aliphatic carbocycles. The third-order valence-electron chi connectivity index (χ3n) is 6.36. The zero-order valence-corrected chi connectivity index (χ0v) is 16.4. The minimum atomic E-state index is -0.0798. The summed E-state index contributed by atoms with van der Waals surface area (Å²) < 4.78 is 5.85. The van der Waals surface area contributed by atoms with Gasteiger partial charge in [-0.15, -0.1) is 0 Å². The van der Waals surface area contributed by atoms with Gasteiger partial charge in [-0.1, -0.05) is 23.7 Å². The van der Waals surface area contributed by atoms with Crippen LogP contribution >= 0.6 is 11.6 Å². The molecule has 2 saturated heterocycles. The Morgan fingerprint density at radius 2 is 2.00 bits per heavy atom. The first-order valence-electron chi connectivity index (χ1n) is 9.97. The van der Waals surface area contributed by atoms with Gasteiger partial charge in [-0.05, 0) is 75.0 Å². The number of carbonyl (C=O) groups excluding carboxylic acids is 1. The van der Waals surface area contributed by atoms with E-state index in [4.69, 9.17) is 21.8 Å².